The smallest absolute Gasteiger partial charge is 0.243 e. The van der Waals surface area contributed by atoms with Gasteiger partial charge in [-0.15, -0.1) is 0 Å². The number of halogens is 1. The third kappa shape index (κ3) is 3.13. The van der Waals surface area contributed by atoms with Crippen molar-refractivity contribution in [1.82, 2.24) is 19.6 Å². The van der Waals surface area contributed by atoms with E-state index in [1.165, 1.54) is 16.4 Å². The largest absolute Gasteiger partial charge is 0.312 e. The van der Waals surface area contributed by atoms with Gasteiger partial charge in [0.25, 0.3) is 0 Å². The summed E-state index contributed by atoms with van der Waals surface area (Å²) in [5.74, 6) is 0.173. The standard InChI is InChI=1S/C18H21FN4O2S/c1-12-2-3-15(8-16(12)19)26(24,25)23-7-5-13(11-23)18-21-10-14-9-20-6-4-17(14)22-18/h2-3,8,10,13,20H,4-7,9,11H2,1H3/t13-/m0/s1. The molecule has 1 saturated heterocycles. The Kier molecular flexibility index (Phi) is 4.50. The fourth-order valence-corrected chi connectivity index (χ4v) is 5.00. The summed E-state index contributed by atoms with van der Waals surface area (Å²) in [6.07, 6.45) is 3.38. The highest BCUT2D eigenvalue weighted by Gasteiger charge is 2.35. The van der Waals surface area contributed by atoms with E-state index in [1.54, 1.807) is 6.92 Å². The molecule has 26 heavy (non-hydrogen) atoms. The molecule has 2 aliphatic heterocycles. The Labute approximate surface area is 152 Å². The maximum atomic E-state index is 13.8. The zero-order valence-electron chi connectivity index (χ0n) is 14.6. The van der Waals surface area contributed by atoms with Crippen LogP contribution in [0.25, 0.3) is 0 Å². The Morgan fingerprint density at radius 2 is 2.19 bits per heavy atom. The van der Waals surface area contributed by atoms with Crippen molar-refractivity contribution >= 4 is 10.0 Å². The molecule has 0 aliphatic carbocycles. The Bertz CT molecular complexity index is 948. The van der Waals surface area contributed by atoms with E-state index in [9.17, 15) is 12.8 Å². The van der Waals surface area contributed by atoms with E-state index in [4.69, 9.17) is 0 Å². The van der Waals surface area contributed by atoms with Crippen molar-refractivity contribution in [3.63, 3.8) is 0 Å². The molecule has 1 N–H and O–H groups in total. The van der Waals surface area contributed by atoms with E-state index < -0.39 is 15.8 Å². The van der Waals surface area contributed by atoms with Crippen LogP contribution < -0.4 is 5.32 Å². The highest BCUT2D eigenvalue weighted by atomic mass is 32.2. The van der Waals surface area contributed by atoms with Gasteiger partial charge in [-0.25, -0.2) is 22.8 Å². The molecule has 0 unspecified atom stereocenters. The summed E-state index contributed by atoms with van der Waals surface area (Å²) >= 11 is 0. The number of nitrogens with one attached hydrogen (secondary N) is 1. The molecule has 0 spiro atoms. The maximum absolute atomic E-state index is 13.8. The SMILES string of the molecule is Cc1ccc(S(=O)(=O)N2CC[C@H](c3ncc4c(n3)CCNC4)C2)cc1F. The van der Waals surface area contributed by atoms with Crippen LogP contribution in [-0.4, -0.2) is 42.3 Å². The summed E-state index contributed by atoms with van der Waals surface area (Å²) in [7, 11) is -3.71. The van der Waals surface area contributed by atoms with Crippen molar-refractivity contribution in [3.8, 4) is 0 Å². The van der Waals surface area contributed by atoms with Crippen LogP contribution in [0, 0.1) is 12.7 Å². The lowest BCUT2D eigenvalue weighted by Crippen LogP contribution is -2.29. The van der Waals surface area contributed by atoms with Crippen LogP contribution in [0.3, 0.4) is 0 Å². The predicted molar refractivity (Wildman–Crippen MR) is 94.7 cm³/mol. The van der Waals surface area contributed by atoms with Crippen LogP contribution in [0.1, 0.15) is 35.0 Å². The van der Waals surface area contributed by atoms with Gasteiger partial charge in [0.15, 0.2) is 0 Å². The third-order valence-electron chi connectivity index (χ3n) is 5.12. The predicted octanol–water partition coefficient (Wildman–Crippen LogP) is 1.75. The normalized spacial score (nSPS) is 20.9. The Morgan fingerprint density at radius 3 is 3.00 bits per heavy atom. The molecule has 1 aromatic heterocycles. The van der Waals surface area contributed by atoms with Gasteiger partial charge in [0.2, 0.25) is 10.0 Å². The van der Waals surface area contributed by atoms with Gasteiger partial charge in [-0.3, -0.25) is 0 Å². The van der Waals surface area contributed by atoms with Crippen LogP contribution in [-0.2, 0) is 23.0 Å². The first-order valence-corrected chi connectivity index (χ1v) is 10.2. The molecule has 0 radical (unpaired) electrons. The lowest BCUT2D eigenvalue weighted by molar-refractivity contribution is 0.469. The molecule has 4 rings (SSSR count). The van der Waals surface area contributed by atoms with Crippen LogP contribution in [0.2, 0.25) is 0 Å². The molecule has 0 saturated carbocycles. The number of rotatable bonds is 3. The van der Waals surface area contributed by atoms with Gasteiger partial charge in [-0.05, 0) is 31.0 Å². The lowest BCUT2D eigenvalue weighted by Gasteiger charge is -2.19. The molecule has 8 heteroatoms. The second-order valence-corrected chi connectivity index (χ2v) is 8.82. The summed E-state index contributed by atoms with van der Waals surface area (Å²) in [6.45, 7) is 4.01. The summed E-state index contributed by atoms with van der Waals surface area (Å²) in [5.41, 5.74) is 2.59. The van der Waals surface area contributed by atoms with E-state index in [1.807, 2.05) is 6.20 Å². The summed E-state index contributed by atoms with van der Waals surface area (Å²) in [4.78, 5) is 9.13. The Morgan fingerprint density at radius 1 is 1.35 bits per heavy atom. The van der Waals surface area contributed by atoms with Gasteiger partial charge in [0, 0.05) is 56.0 Å². The van der Waals surface area contributed by atoms with E-state index in [-0.39, 0.29) is 10.8 Å². The van der Waals surface area contributed by atoms with Crippen LogP contribution in [0.5, 0.6) is 0 Å². The second-order valence-electron chi connectivity index (χ2n) is 6.89. The van der Waals surface area contributed by atoms with Crippen LogP contribution in [0.15, 0.2) is 29.3 Å². The number of sulfonamides is 1. The first-order valence-electron chi connectivity index (χ1n) is 8.77. The minimum absolute atomic E-state index is 0.00122. The monoisotopic (exact) mass is 376 g/mol. The number of hydrogen-bond acceptors (Lipinski definition) is 5. The molecular formula is C18H21FN4O2S. The zero-order valence-corrected chi connectivity index (χ0v) is 15.4. The summed E-state index contributed by atoms with van der Waals surface area (Å²) < 4.78 is 40.8. The quantitative estimate of drug-likeness (QED) is 0.883. The molecule has 0 amide bonds. The summed E-state index contributed by atoms with van der Waals surface area (Å²) in [6, 6.07) is 4.06. The number of benzene rings is 1. The van der Waals surface area contributed by atoms with Gasteiger partial charge in [-0.1, -0.05) is 6.07 Å². The number of fused-ring (bicyclic) bond motifs is 1. The topological polar surface area (TPSA) is 75.2 Å². The maximum Gasteiger partial charge on any atom is 0.243 e. The highest BCUT2D eigenvalue weighted by Crippen LogP contribution is 2.30. The Hall–Kier alpha value is -1.90. The molecular weight excluding hydrogens is 355 g/mol. The summed E-state index contributed by atoms with van der Waals surface area (Å²) in [5, 5.41) is 3.29. The van der Waals surface area contributed by atoms with Gasteiger partial charge in [0.05, 0.1) is 4.90 Å². The number of aryl methyl sites for hydroxylation is 1. The molecule has 6 nitrogen and oxygen atoms in total. The molecule has 1 atom stereocenters. The van der Waals surface area contributed by atoms with E-state index in [2.05, 4.69) is 15.3 Å². The van der Waals surface area contributed by atoms with Crippen molar-refractivity contribution in [1.29, 1.82) is 0 Å². The van der Waals surface area contributed by atoms with Crippen LogP contribution in [0.4, 0.5) is 4.39 Å². The number of hydrogen-bond donors (Lipinski definition) is 1. The number of aromatic nitrogens is 2. The average molecular weight is 376 g/mol. The van der Waals surface area contributed by atoms with E-state index >= 15 is 0 Å². The van der Waals surface area contributed by atoms with E-state index in [0.717, 1.165) is 36.8 Å². The van der Waals surface area contributed by atoms with Crippen molar-refractivity contribution in [3.05, 3.63) is 52.9 Å². The average Bonchev–Trinajstić information content (AvgIpc) is 3.14. The first kappa shape index (κ1) is 17.5. The van der Waals surface area contributed by atoms with Gasteiger partial charge < -0.3 is 5.32 Å². The molecule has 2 aliphatic rings. The van der Waals surface area contributed by atoms with Crippen LogP contribution >= 0.6 is 0 Å². The fourth-order valence-electron chi connectivity index (χ4n) is 3.49. The molecule has 1 fully saturated rings. The molecule has 2 aromatic rings. The molecule has 138 valence electrons. The fraction of sp³-hybridized carbons (Fsp3) is 0.444. The zero-order chi connectivity index (χ0) is 18.3. The van der Waals surface area contributed by atoms with Gasteiger partial charge in [-0.2, -0.15) is 4.31 Å². The minimum atomic E-state index is -3.71. The van der Waals surface area contributed by atoms with Crippen molar-refractivity contribution in [2.45, 2.75) is 37.1 Å². The van der Waals surface area contributed by atoms with Crippen molar-refractivity contribution < 1.29 is 12.8 Å². The second kappa shape index (κ2) is 6.68. The van der Waals surface area contributed by atoms with Crippen molar-refractivity contribution in [2.75, 3.05) is 19.6 Å². The first-order chi connectivity index (χ1) is 12.4. The number of nitrogens with zero attached hydrogens (tertiary/aromatic N) is 3. The Balaban J connectivity index is 1.55. The van der Waals surface area contributed by atoms with E-state index in [0.29, 0.717) is 30.9 Å². The van der Waals surface area contributed by atoms with Gasteiger partial charge >= 0.3 is 0 Å². The van der Waals surface area contributed by atoms with Crippen molar-refractivity contribution in [2.24, 2.45) is 0 Å². The highest BCUT2D eigenvalue weighted by molar-refractivity contribution is 7.89. The van der Waals surface area contributed by atoms with Gasteiger partial charge in [0.1, 0.15) is 11.6 Å². The minimum Gasteiger partial charge on any atom is -0.312 e. The molecule has 0 bridgehead atoms. The molecule has 3 heterocycles. The third-order valence-corrected chi connectivity index (χ3v) is 6.99. The molecule has 1 aromatic carbocycles. The lowest BCUT2D eigenvalue weighted by atomic mass is 10.1.